The Labute approximate surface area is 112 Å². The van der Waals surface area contributed by atoms with E-state index in [9.17, 15) is 9.18 Å². The van der Waals surface area contributed by atoms with Crippen LogP contribution in [0, 0.1) is 5.82 Å². The van der Waals surface area contributed by atoms with E-state index < -0.39 is 0 Å². The molecule has 0 aliphatic carbocycles. The number of halogens is 2. The minimum atomic E-state index is -0.296. The molecule has 1 aromatic carbocycles. The van der Waals surface area contributed by atoms with Crippen LogP contribution in [0.15, 0.2) is 22.8 Å². The highest BCUT2D eigenvalue weighted by atomic mass is 79.9. The number of carbonyl (C=O) groups is 1. The molecule has 1 aromatic heterocycles. The molecule has 96 valence electrons. The van der Waals surface area contributed by atoms with E-state index >= 15 is 0 Å². The summed E-state index contributed by atoms with van der Waals surface area (Å²) in [5, 5.41) is 0.791. The number of hydrogen-bond donors (Lipinski definition) is 1. The van der Waals surface area contributed by atoms with E-state index in [2.05, 4.69) is 20.9 Å². The van der Waals surface area contributed by atoms with Gasteiger partial charge in [-0.3, -0.25) is 4.79 Å². The van der Waals surface area contributed by atoms with Crippen molar-refractivity contribution in [1.82, 2.24) is 4.98 Å². The van der Waals surface area contributed by atoms with Gasteiger partial charge in [0.25, 0.3) is 0 Å². The van der Waals surface area contributed by atoms with Crippen LogP contribution in [0.5, 0.6) is 0 Å². The smallest absolute Gasteiger partial charge is 0.306 e. The molecule has 1 heterocycles. The van der Waals surface area contributed by atoms with Crippen molar-refractivity contribution < 1.29 is 13.9 Å². The minimum absolute atomic E-state index is 0.237. The van der Waals surface area contributed by atoms with E-state index in [0.717, 1.165) is 15.4 Å². The van der Waals surface area contributed by atoms with Crippen LogP contribution in [0.4, 0.5) is 4.39 Å². The Kier molecular flexibility index (Phi) is 4.01. The third-order valence-corrected chi connectivity index (χ3v) is 3.38. The molecule has 0 spiro atoms. The van der Waals surface area contributed by atoms with Crippen molar-refractivity contribution in [3.63, 3.8) is 0 Å². The standard InChI is InChI=1S/C13H13BrFNO2/c1-2-18-11(17)6-3-8-7-16-13-10(15)5-4-9(14)12(8)13/h4-5,7,16H,2-3,6H2,1H3. The molecular formula is C13H13BrFNO2. The lowest BCUT2D eigenvalue weighted by atomic mass is 10.1. The van der Waals surface area contributed by atoms with E-state index in [-0.39, 0.29) is 11.8 Å². The van der Waals surface area contributed by atoms with Gasteiger partial charge in [0.2, 0.25) is 0 Å². The number of aromatic nitrogens is 1. The number of aromatic amines is 1. The largest absolute Gasteiger partial charge is 0.466 e. The van der Waals surface area contributed by atoms with Crippen LogP contribution in [0.2, 0.25) is 0 Å². The zero-order chi connectivity index (χ0) is 13.1. The van der Waals surface area contributed by atoms with Gasteiger partial charge in [0, 0.05) is 22.5 Å². The molecule has 0 aliphatic heterocycles. The molecule has 5 heteroatoms. The number of carbonyl (C=O) groups excluding carboxylic acids is 1. The summed E-state index contributed by atoms with van der Waals surface area (Å²) in [4.78, 5) is 14.2. The van der Waals surface area contributed by atoms with Crippen LogP contribution in [0.25, 0.3) is 10.9 Å². The average molecular weight is 314 g/mol. The summed E-state index contributed by atoms with van der Waals surface area (Å²) in [6.45, 7) is 2.15. The van der Waals surface area contributed by atoms with Crippen LogP contribution in [0.1, 0.15) is 18.9 Å². The van der Waals surface area contributed by atoms with Crippen LogP contribution in [0.3, 0.4) is 0 Å². The topological polar surface area (TPSA) is 42.1 Å². The third-order valence-electron chi connectivity index (χ3n) is 2.72. The van der Waals surface area contributed by atoms with Gasteiger partial charge in [0.05, 0.1) is 12.1 Å². The molecule has 0 bridgehead atoms. The molecule has 0 radical (unpaired) electrons. The lowest BCUT2D eigenvalue weighted by molar-refractivity contribution is -0.143. The summed E-state index contributed by atoms with van der Waals surface area (Å²) in [7, 11) is 0. The van der Waals surface area contributed by atoms with Crippen molar-refractivity contribution in [2.45, 2.75) is 19.8 Å². The van der Waals surface area contributed by atoms with Gasteiger partial charge in [-0.05, 0) is 31.0 Å². The van der Waals surface area contributed by atoms with Crippen molar-refractivity contribution in [2.75, 3.05) is 6.61 Å². The number of fused-ring (bicyclic) bond motifs is 1. The second-order valence-corrected chi connectivity index (χ2v) is 4.75. The summed E-state index contributed by atoms with van der Waals surface area (Å²) in [5.41, 5.74) is 1.37. The van der Waals surface area contributed by atoms with Crippen molar-refractivity contribution in [1.29, 1.82) is 0 Å². The summed E-state index contributed by atoms with van der Waals surface area (Å²) in [5.74, 6) is -0.532. The molecule has 0 unspecified atom stereocenters. The van der Waals surface area contributed by atoms with Gasteiger partial charge in [-0.1, -0.05) is 15.9 Å². The number of H-pyrrole nitrogens is 1. The van der Waals surface area contributed by atoms with Crippen molar-refractivity contribution in [2.24, 2.45) is 0 Å². The summed E-state index contributed by atoms with van der Waals surface area (Å²) < 4.78 is 19.2. The van der Waals surface area contributed by atoms with Crippen LogP contribution in [-0.2, 0) is 16.0 Å². The third kappa shape index (κ3) is 2.56. The van der Waals surface area contributed by atoms with Gasteiger partial charge in [-0.2, -0.15) is 0 Å². The molecule has 0 aliphatic rings. The SMILES string of the molecule is CCOC(=O)CCc1c[nH]c2c(F)ccc(Br)c12. The molecule has 2 aromatic rings. The van der Waals surface area contributed by atoms with Gasteiger partial charge in [-0.15, -0.1) is 0 Å². The highest BCUT2D eigenvalue weighted by Gasteiger charge is 2.12. The first-order valence-corrected chi connectivity index (χ1v) is 6.52. The Balaban J connectivity index is 2.24. The molecule has 2 rings (SSSR count). The number of nitrogens with one attached hydrogen (secondary N) is 1. The molecule has 0 fully saturated rings. The number of rotatable bonds is 4. The fraction of sp³-hybridized carbons (Fsp3) is 0.308. The van der Waals surface area contributed by atoms with E-state index in [1.165, 1.54) is 6.07 Å². The Hall–Kier alpha value is -1.36. The zero-order valence-corrected chi connectivity index (χ0v) is 11.5. The number of esters is 1. The Morgan fingerprint density at radius 2 is 2.28 bits per heavy atom. The van der Waals surface area contributed by atoms with Crippen molar-refractivity contribution in [3.05, 3.63) is 34.2 Å². The van der Waals surface area contributed by atoms with Gasteiger partial charge in [-0.25, -0.2) is 4.39 Å². The molecule has 18 heavy (non-hydrogen) atoms. The van der Waals surface area contributed by atoms with Crippen LogP contribution in [-0.4, -0.2) is 17.6 Å². The molecule has 1 N–H and O–H groups in total. The summed E-state index contributed by atoms with van der Waals surface area (Å²) in [6.07, 6.45) is 2.56. The maximum Gasteiger partial charge on any atom is 0.306 e. The van der Waals surface area contributed by atoms with Crippen molar-refractivity contribution in [3.8, 4) is 0 Å². The fourth-order valence-corrected chi connectivity index (χ4v) is 2.49. The van der Waals surface area contributed by atoms with E-state index in [4.69, 9.17) is 4.74 Å². The molecular weight excluding hydrogens is 301 g/mol. The lowest BCUT2D eigenvalue weighted by Gasteiger charge is -2.02. The van der Waals surface area contributed by atoms with Gasteiger partial charge in [0.1, 0.15) is 5.82 Å². The number of aryl methyl sites for hydroxylation is 1. The van der Waals surface area contributed by atoms with E-state index in [0.29, 0.717) is 25.0 Å². The predicted molar refractivity (Wildman–Crippen MR) is 70.9 cm³/mol. The first kappa shape index (κ1) is 13.1. The zero-order valence-electron chi connectivity index (χ0n) is 9.93. The van der Waals surface area contributed by atoms with Crippen molar-refractivity contribution >= 4 is 32.8 Å². The quantitative estimate of drug-likeness (QED) is 0.877. The van der Waals surface area contributed by atoms with Gasteiger partial charge < -0.3 is 9.72 Å². The second-order valence-electron chi connectivity index (χ2n) is 3.90. The Morgan fingerprint density at radius 1 is 1.50 bits per heavy atom. The van der Waals surface area contributed by atoms with Crippen LogP contribution < -0.4 is 0 Å². The average Bonchev–Trinajstić information content (AvgIpc) is 2.77. The highest BCUT2D eigenvalue weighted by molar-refractivity contribution is 9.10. The molecule has 3 nitrogen and oxygen atoms in total. The Morgan fingerprint density at radius 3 is 3.00 bits per heavy atom. The van der Waals surface area contributed by atoms with Gasteiger partial charge >= 0.3 is 5.97 Å². The molecule has 0 saturated heterocycles. The number of benzene rings is 1. The first-order valence-electron chi connectivity index (χ1n) is 5.73. The normalized spacial score (nSPS) is 10.8. The summed E-state index contributed by atoms with van der Waals surface area (Å²) in [6, 6.07) is 3.07. The molecule has 0 atom stereocenters. The van der Waals surface area contributed by atoms with Crippen LogP contribution >= 0.6 is 15.9 Å². The maximum atomic E-state index is 13.6. The number of ether oxygens (including phenoxy) is 1. The summed E-state index contributed by atoms with van der Waals surface area (Å²) >= 11 is 3.40. The second kappa shape index (κ2) is 5.52. The highest BCUT2D eigenvalue weighted by Crippen LogP contribution is 2.29. The minimum Gasteiger partial charge on any atom is -0.466 e. The molecule has 0 amide bonds. The fourth-order valence-electron chi connectivity index (χ4n) is 1.91. The van der Waals surface area contributed by atoms with E-state index in [1.807, 2.05) is 0 Å². The van der Waals surface area contributed by atoms with E-state index in [1.54, 1.807) is 19.2 Å². The Bertz CT molecular complexity index is 580. The molecule has 0 saturated carbocycles. The first-order chi connectivity index (χ1) is 8.63. The predicted octanol–water partition coefficient (Wildman–Crippen LogP) is 3.57. The monoisotopic (exact) mass is 313 g/mol. The maximum absolute atomic E-state index is 13.6. The lowest BCUT2D eigenvalue weighted by Crippen LogP contribution is -2.04. The number of hydrogen-bond acceptors (Lipinski definition) is 2. The van der Waals surface area contributed by atoms with Gasteiger partial charge in [0.15, 0.2) is 0 Å².